The third kappa shape index (κ3) is 3.27. The van der Waals surface area contributed by atoms with Crippen LogP contribution in [0.4, 0.5) is 20.5 Å². The van der Waals surface area contributed by atoms with Gasteiger partial charge in [-0.1, -0.05) is 0 Å². The van der Waals surface area contributed by atoms with Gasteiger partial charge in [-0.05, 0) is 49.7 Å². The first-order valence-electron chi connectivity index (χ1n) is 11.2. The molecule has 0 aromatic carbocycles. The number of likely N-dealkylation sites (tertiary alicyclic amines) is 1. The zero-order valence-electron chi connectivity index (χ0n) is 17.7. The minimum absolute atomic E-state index is 0.0844. The van der Waals surface area contributed by atoms with Crippen LogP contribution in [0.3, 0.4) is 0 Å². The second kappa shape index (κ2) is 7.21. The van der Waals surface area contributed by atoms with Gasteiger partial charge in [0.1, 0.15) is 6.23 Å². The number of hydrogen-bond donors (Lipinski definition) is 2. The molecule has 170 valence electrons. The molecule has 2 aliphatic carbocycles. The summed E-state index contributed by atoms with van der Waals surface area (Å²) < 4.78 is 30.1. The number of halogens is 2. The van der Waals surface area contributed by atoms with Gasteiger partial charge in [-0.2, -0.15) is 8.78 Å². The Labute approximate surface area is 184 Å². The van der Waals surface area contributed by atoms with E-state index in [-0.39, 0.29) is 11.6 Å². The maximum absolute atomic E-state index is 12.8. The van der Waals surface area contributed by atoms with Crippen LogP contribution in [0.2, 0.25) is 0 Å². The third-order valence-electron chi connectivity index (χ3n) is 7.58. The maximum Gasteiger partial charge on any atom is 0.387 e. The van der Waals surface area contributed by atoms with Crippen LogP contribution in [-0.2, 0) is 0 Å². The molecule has 2 saturated carbocycles. The number of nitrogen functional groups attached to an aromatic ring is 1. The van der Waals surface area contributed by atoms with Crippen molar-refractivity contribution >= 4 is 11.8 Å². The molecule has 5 aliphatic rings. The monoisotopic (exact) mass is 444 g/mol. The summed E-state index contributed by atoms with van der Waals surface area (Å²) in [5.74, 6) is 2.43. The summed E-state index contributed by atoms with van der Waals surface area (Å²) in [6, 6.07) is 3.89. The molecule has 5 fully saturated rings. The number of anilines is 2. The van der Waals surface area contributed by atoms with Crippen molar-refractivity contribution in [3.05, 3.63) is 24.0 Å². The summed E-state index contributed by atoms with van der Waals surface area (Å²) >= 11 is 0. The van der Waals surface area contributed by atoms with Crippen molar-refractivity contribution in [2.45, 2.75) is 44.6 Å². The summed E-state index contributed by atoms with van der Waals surface area (Å²) in [5, 5.41) is 9.88. The second-order valence-corrected chi connectivity index (χ2v) is 9.55. The first-order valence-corrected chi connectivity index (χ1v) is 11.2. The fourth-order valence-electron chi connectivity index (χ4n) is 5.76. The predicted octanol–water partition coefficient (Wildman–Crippen LogP) is 2.30. The van der Waals surface area contributed by atoms with E-state index in [4.69, 9.17) is 15.7 Å². The highest BCUT2D eigenvalue weighted by Crippen LogP contribution is 2.58. The highest BCUT2D eigenvalue weighted by Gasteiger charge is 2.57. The molecule has 5 heterocycles. The van der Waals surface area contributed by atoms with Crippen LogP contribution < -0.4 is 15.4 Å². The molecule has 2 aromatic heterocycles. The summed E-state index contributed by atoms with van der Waals surface area (Å²) in [6.45, 7) is 1.48. The van der Waals surface area contributed by atoms with E-state index in [0.717, 1.165) is 25.3 Å². The number of nitrogens with two attached hydrogens (primary N) is 1. The molecular formula is C22H26F2N6O2. The van der Waals surface area contributed by atoms with Crippen molar-refractivity contribution in [2.24, 2.45) is 17.8 Å². The molecule has 7 rings (SSSR count). The van der Waals surface area contributed by atoms with E-state index in [1.165, 1.54) is 25.1 Å². The molecule has 3 N–H and O–H groups in total. The Morgan fingerprint density at radius 2 is 1.91 bits per heavy atom. The zero-order valence-corrected chi connectivity index (χ0v) is 17.7. The number of alkyl halides is 2. The van der Waals surface area contributed by atoms with Gasteiger partial charge in [-0.15, -0.1) is 0 Å². The average Bonchev–Trinajstić information content (AvgIpc) is 3.15. The number of aliphatic hydroxyl groups is 1. The van der Waals surface area contributed by atoms with Gasteiger partial charge in [0, 0.05) is 43.4 Å². The smallest absolute Gasteiger partial charge is 0.387 e. The average molecular weight is 444 g/mol. The summed E-state index contributed by atoms with van der Waals surface area (Å²) in [5.41, 5.74) is 7.90. The number of pyridine rings is 1. The fraction of sp³-hybridized carbons (Fsp3) is 0.591. The number of aromatic nitrogens is 3. The topological polar surface area (TPSA) is 101 Å². The van der Waals surface area contributed by atoms with Crippen molar-refractivity contribution in [3.63, 3.8) is 0 Å². The molecule has 0 radical (unpaired) electrons. The lowest BCUT2D eigenvalue weighted by atomic mass is 9.86. The second-order valence-electron chi connectivity index (χ2n) is 9.55. The van der Waals surface area contributed by atoms with Gasteiger partial charge in [0.25, 0.3) is 0 Å². The molecule has 32 heavy (non-hydrogen) atoms. The first-order chi connectivity index (χ1) is 15.4. The minimum atomic E-state index is -2.98. The van der Waals surface area contributed by atoms with Gasteiger partial charge in [-0.25, -0.2) is 15.0 Å². The lowest BCUT2D eigenvalue weighted by molar-refractivity contribution is -0.0494. The molecule has 4 atom stereocenters. The molecule has 0 spiro atoms. The molecule has 8 nitrogen and oxygen atoms in total. The van der Waals surface area contributed by atoms with Gasteiger partial charge in [0.05, 0.1) is 11.4 Å². The van der Waals surface area contributed by atoms with Crippen molar-refractivity contribution in [3.8, 4) is 17.0 Å². The number of fused-ring (bicyclic) bond motifs is 2. The number of rotatable bonds is 6. The standard InChI is InChI=1S/C22H26F2N6O2/c1-10(31)29-8-14-15(9-29)19(14)17-5-16(12-4-18(32-21(23)24)20(25)26-6-12)27-22(28-17)30-7-11-2-13(30)3-11/h4-6,10-11,13-15,19,21,31H,2-3,7-9H2,1H3,(H2,25,26)/t10?,11?,13?,14-,15+,19?. The van der Waals surface area contributed by atoms with Crippen molar-refractivity contribution in [1.29, 1.82) is 0 Å². The summed E-state index contributed by atoms with van der Waals surface area (Å²) in [6.07, 6.45) is 3.45. The van der Waals surface area contributed by atoms with E-state index < -0.39 is 12.8 Å². The number of aliphatic hydroxyl groups excluding tert-OH is 1. The Kier molecular flexibility index (Phi) is 4.52. The molecule has 3 aliphatic heterocycles. The number of hydrogen-bond acceptors (Lipinski definition) is 8. The summed E-state index contributed by atoms with van der Waals surface area (Å²) in [7, 11) is 0. The Morgan fingerprint density at radius 1 is 1.16 bits per heavy atom. The van der Waals surface area contributed by atoms with Crippen LogP contribution in [0, 0.1) is 17.8 Å². The lowest BCUT2D eigenvalue weighted by Gasteiger charge is -2.26. The van der Waals surface area contributed by atoms with Crippen LogP contribution in [0.1, 0.15) is 31.4 Å². The zero-order chi connectivity index (χ0) is 22.1. The van der Waals surface area contributed by atoms with E-state index in [9.17, 15) is 13.9 Å². The SMILES string of the molecule is CC(O)N1C[C@@H]2C(c3cc(-c4cnc(N)c(OC(F)F)c4)nc(N4CC5CC4C5)n3)[C@@H]2C1. The van der Waals surface area contributed by atoms with Crippen molar-refractivity contribution in [2.75, 3.05) is 30.3 Å². The summed E-state index contributed by atoms with van der Waals surface area (Å²) in [4.78, 5) is 18.2. The Balaban J connectivity index is 1.35. The molecule has 2 aromatic rings. The molecule has 10 heteroatoms. The lowest BCUT2D eigenvalue weighted by Crippen LogP contribution is -2.33. The number of ether oxygens (including phenoxy) is 1. The van der Waals surface area contributed by atoms with Gasteiger partial charge < -0.3 is 20.5 Å². The van der Waals surface area contributed by atoms with Gasteiger partial charge in [0.15, 0.2) is 11.6 Å². The highest BCUT2D eigenvalue weighted by atomic mass is 19.3. The van der Waals surface area contributed by atoms with E-state index in [1.54, 1.807) is 6.92 Å². The number of nitrogens with zero attached hydrogens (tertiary/aromatic N) is 5. The fourth-order valence-corrected chi connectivity index (χ4v) is 5.76. The van der Waals surface area contributed by atoms with Crippen molar-refractivity contribution in [1.82, 2.24) is 19.9 Å². The molecular weight excluding hydrogens is 418 g/mol. The van der Waals surface area contributed by atoms with Crippen LogP contribution in [0.5, 0.6) is 5.75 Å². The predicted molar refractivity (Wildman–Crippen MR) is 113 cm³/mol. The molecule has 3 saturated heterocycles. The van der Waals surface area contributed by atoms with Crippen LogP contribution in [0.15, 0.2) is 18.3 Å². The maximum atomic E-state index is 12.8. The Hall–Kier alpha value is -2.59. The van der Waals surface area contributed by atoms with E-state index in [2.05, 4.69) is 19.5 Å². The molecule has 2 unspecified atom stereocenters. The van der Waals surface area contributed by atoms with Crippen LogP contribution in [-0.4, -0.2) is 63.5 Å². The van der Waals surface area contributed by atoms with Gasteiger partial charge >= 0.3 is 6.61 Å². The number of piperidine rings is 1. The Bertz CT molecular complexity index is 1040. The molecule has 2 bridgehead atoms. The van der Waals surface area contributed by atoms with E-state index >= 15 is 0 Å². The van der Waals surface area contributed by atoms with Crippen LogP contribution >= 0.6 is 0 Å². The third-order valence-corrected chi connectivity index (χ3v) is 7.58. The van der Waals surface area contributed by atoms with Gasteiger partial charge in [-0.3, -0.25) is 4.90 Å². The van der Waals surface area contributed by atoms with E-state index in [0.29, 0.717) is 46.9 Å². The quantitative estimate of drug-likeness (QED) is 0.700. The Morgan fingerprint density at radius 3 is 2.53 bits per heavy atom. The van der Waals surface area contributed by atoms with E-state index in [1.807, 2.05) is 6.07 Å². The van der Waals surface area contributed by atoms with Gasteiger partial charge in [0.2, 0.25) is 5.95 Å². The largest absolute Gasteiger partial charge is 0.431 e. The van der Waals surface area contributed by atoms with Crippen molar-refractivity contribution < 1.29 is 18.6 Å². The van der Waals surface area contributed by atoms with Crippen LogP contribution in [0.25, 0.3) is 11.3 Å². The minimum Gasteiger partial charge on any atom is -0.431 e. The first kappa shape index (κ1) is 20.0. The highest BCUT2D eigenvalue weighted by molar-refractivity contribution is 5.66. The molecule has 0 amide bonds. The normalized spacial score (nSPS) is 31.5.